The molecule has 4 heteroatoms. The Morgan fingerprint density at radius 3 is 2.89 bits per heavy atom. The summed E-state index contributed by atoms with van der Waals surface area (Å²) in [6, 6.07) is 0. The third-order valence-electron chi connectivity index (χ3n) is 3.60. The first-order valence-corrected chi connectivity index (χ1v) is 7.17. The molecule has 3 unspecified atom stereocenters. The molecule has 1 rings (SSSR count). The Morgan fingerprint density at radius 2 is 2.17 bits per heavy atom. The van der Waals surface area contributed by atoms with E-state index in [4.69, 9.17) is 9.47 Å². The molecule has 2 N–H and O–H groups in total. The van der Waals surface area contributed by atoms with Crippen LogP contribution in [-0.4, -0.2) is 51.2 Å². The van der Waals surface area contributed by atoms with Gasteiger partial charge in [-0.15, -0.1) is 0 Å². The number of aliphatic hydroxyl groups excluding tert-OH is 1. The Hall–Kier alpha value is -0.160. The molecule has 0 spiro atoms. The molecule has 108 valence electrons. The van der Waals surface area contributed by atoms with Crippen LogP contribution in [0.5, 0.6) is 0 Å². The Balaban J connectivity index is 1.95. The second kappa shape index (κ2) is 9.73. The van der Waals surface area contributed by atoms with Crippen molar-refractivity contribution in [3.63, 3.8) is 0 Å². The number of nitrogens with one attached hydrogen (secondary N) is 1. The number of hydrogen-bond donors (Lipinski definition) is 2. The maximum absolute atomic E-state index is 9.70. The Morgan fingerprint density at radius 1 is 1.33 bits per heavy atom. The second-order valence-corrected chi connectivity index (χ2v) is 5.52. The van der Waals surface area contributed by atoms with Crippen molar-refractivity contribution in [3.05, 3.63) is 0 Å². The number of rotatable bonds is 9. The monoisotopic (exact) mass is 259 g/mol. The summed E-state index contributed by atoms with van der Waals surface area (Å²) in [6.45, 7) is 5.51. The quantitative estimate of drug-likeness (QED) is 0.615. The highest BCUT2D eigenvalue weighted by Gasteiger charge is 2.18. The first-order valence-electron chi connectivity index (χ1n) is 7.17. The fourth-order valence-electron chi connectivity index (χ4n) is 2.62. The average molecular weight is 259 g/mol. The van der Waals surface area contributed by atoms with Crippen LogP contribution in [-0.2, 0) is 9.47 Å². The molecule has 1 saturated carbocycles. The number of hydrogen-bond acceptors (Lipinski definition) is 4. The van der Waals surface area contributed by atoms with Gasteiger partial charge >= 0.3 is 0 Å². The van der Waals surface area contributed by atoms with Gasteiger partial charge in [0.2, 0.25) is 0 Å². The lowest BCUT2D eigenvalue weighted by Crippen LogP contribution is -2.34. The third kappa shape index (κ3) is 7.31. The van der Waals surface area contributed by atoms with Crippen LogP contribution in [0.15, 0.2) is 0 Å². The predicted octanol–water partition coefficient (Wildman–Crippen LogP) is 1.43. The molecule has 1 aliphatic carbocycles. The molecule has 18 heavy (non-hydrogen) atoms. The molecule has 0 amide bonds. The molecule has 4 nitrogen and oxygen atoms in total. The first-order chi connectivity index (χ1) is 8.72. The molecule has 3 atom stereocenters. The Kier molecular flexibility index (Phi) is 8.59. The summed E-state index contributed by atoms with van der Waals surface area (Å²) in [5, 5.41) is 13.1. The van der Waals surface area contributed by atoms with E-state index >= 15 is 0 Å². The zero-order valence-electron chi connectivity index (χ0n) is 11.9. The van der Waals surface area contributed by atoms with Crippen molar-refractivity contribution < 1.29 is 14.6 Å². The van der Waals surface area contributed by atoms with Crippen LogP contribution in [0.3, 0.4) is 0 Å². The number of aliphatic hydroxyl groups is 1. The van der Waals surface area contributed by atoms with Crippen molar-refractivity contribution in [1.29, 1.82) is 0 Å². The van der Waals surface area contributed by atoms with Crippen molar-refractivity contribution in [1.82, 2.24) is 5.32 Å². The lowest BCUT2D eigenvalue weighted by Gasteiger charge is -2.27. The fourth-order valence-corrected chi connectivity index (χ4v) is 2.62. The average Bonchev–Trinajstić information content (AvgIpc) is 2.35. The van der Waals surface area contributed by atoms with Crippen molar-refractivity contribution >= 4 is 0 Å². The molecule has 0 aromatic carbocycles. The second-order valence-electron chi connectivity index (χ2n) is 5.52. The van der Waals surface area contributed by atoms with Gasteiger partial charge in [0.1, 0.15) is 0 Å². The molecule has 0 heterocycles. The van der Waals surface area contributed by atoms with Gasteiger partial charge in [0.05, 0.1) is 25.9 Å². The molecule has 1 fully saturated rings. The molecule has 0 aromatic rings. The highest BCUT2D eigenvalue weighted by Crippen LogP contribution is 2.27. The highest BCUT2D eigenvalue weighted by molar-refractivity contribution is 4.73. The zero-order valence-corrected chi connectivity index (χ0v) is 11.9. The topological polar surface area (TPSA) is 50.7 Å². The lowest BCUT2D eigenvalue weighted by molar-refractivity contribution is 0.0134. The minimum atomic E-state index is -0.414. The summed E-state index contributed by atoms with van der Waals surface area (Å²) >= 11 is 0. The predicted molar refractivity (Wildman–Crippen MR) is 72.7 cm³/mol. The zero-order chi connectivity index (χ0) is 13.2. The molecular weight excluding hydrogens is 230 g/mol. The van der Waals surface area contributed by atoms with Gasteiger partial charge in [-0.05, 0) is 31.2 Å². The van der Waals surface area contributed by atoms with E-state index in [1.807, 2.05) is 0 Å². The fraction of sp³-hybridized carbons (Fsp3) is 1.00. The maximum Gasteiger partial charge on any atom is 0.0897 e. The van der Waals surface area contributed by atoms with Crippen molar-refractivity contribution in [3.8, 4) is 0 Å². The molecule has 0 aliphatic heterocycles. The van der Waals surface area contributed by atoms with E-state index in [2.05, 4.69) is 12.2 Å². The van der Waals surface area contributed by atoms with E-state index in [9.17, 15) is 5.11 Å². The van der Waals surface area contributed by atoms with Gasteiger partial charge in [0.15, 0.2) is 0 Å². The van der Waals surface area contributed by atoms with Crippen LogP contribution < -0.4 is 5.32 Å². The van der Waals surface area contributed by atoms with Crippen LogP contribution in [0, 0.1) is 11.8 Å². The Labute approximate surface area is 111 Å². The Bertz CT molecular complexity index is 201. The molecule has 0 saturated heterocycles. The van der Waals surface area contributed by atoms with Crippen molar-refractivity contribution in [2.45, 2.75) is 38.7 Å². The maximum atomic E-state index is 9.70. The van der Waals surface area contributed by atoms with Gasteiger partial charge in [0.25, 0.3) is 0 Å². The summed E-state index contributed by atoms with van der Waals surface area (Å²) in [5.74, 6) is 1.66. The van der Waals surface area contributed by atoms with Crippen molar-refractivity contribution in [2.75, 3.05) is 40.0 Å². The van der Waals surface area contributed by atoms with Crippen LogP contribution in [0.4, 0.5) is 0 Å². The molecule has 0 bridgehead atoms. The summed E-state index contributed by atoms with van der Waals surface area (Å²) in [4.78, 5) is 0. The van der Waals surface area contributed by atoms with Crippen LogP contribution in [0.25, 0.3) is 0 Å². The van der Waals surface area contributed by atoms with Crippen LogP contribution in [0.1, 0.15) is 32.6 Å². The molecule has 0 aromatic heterocycles. The van der Waals surface area contributed by atoms with Crippen LogP contribution >= 0.6 is 0 Å². The largest absolute Gasteiger partial charge is 0.389 e. The summed E-state index contributed by atoms with van der Waals surface area (Å²) in [5.41, 5.74) is 0. The van der Waals surface area contributed by atoms with Gasteiger partial charge in [0, 0.05) is 13.7 Å². The summed E-state index contributed by atoms with van der Waals surface area (Å²) in [7, 11) is 1.65. The van der Waals surface area contributed by atoms with E-state index in [-0.39, 0.29) is 0 Å². The standard InChI is InChI=1S/C14H29NO3/c1-12-4-3-5-13(8-12)9-15-10-14(16)11-18-7-6-17-2/h12-16H,3-11H2,1-2H3. The van der Waals surface area contributed by atoms with Gasteiger partial charge in [-0.25, -0.2) is 0 Å². The SMILES string of the molecule is COCCOCC(O)CNCC1CCCC(C)C1. The minimum absolute atomic E-state index is 0.386. The number of methoxy groups -OCH3 is 1. The molecule has 0 radical (unpaired) electrons. The normalized spacial score (nSPS) is 26.2. The van der Waals surface area contributed by atoms with Crippen LogP contribution in [0.2, 0.25) is 0 Å². The van der Waals surface area contributed by atoms with E-state index < -0.39 is 6.10 Å². The highest BCUT2D eigenvalue weighted by atomic mass is 16.5. The van der Waals surface area contributed by atoms with Gasteiger partial charge in [-0.3, -0.25) is 0 Å². The summed E-state index contributed by atoms with van der Waals surface area (Å²) in [6.07, 6.45) is 4.98. The van der Waals surface area contributed by atoms with E-state index in [0.29, 0.717) is 26.4 Å². The van der Waals surface area contributed by atoms with Gasteiger partial charge < -0.3 is 19.9 Å². The third-order valence-corrected chi connectivity index (χ3v) is 3.60. The van der Waals surface area contributed by atoms with E-state index in [1.54, 1.807) is 7.11 Å². The molecule has 1 aliphatic rings. The number of ether oxygens (including phenoxy) is 2. The first kappa shape index (κ1) is 15.9. The van der Waals surface area contributed by atoms with Gasteiger partial charge in [-0.1, -0.05) is 19.8 Å². The minimum Gasteiger partial charge on any atom is -0.389 e. The van der Waals surface area contributed by atoms with Crippen molar-refractivity contribution in [2.24, 2.45) is 11.8 Å². The lowest BCUT2D eigenvalue weighted by atomic mass is 9.82. The van der Waals surface area contributed by atoms with E-state index in [1.165, 1.54) is 25.7 Å². The summed E-state index contributed by atoms with van der Waals surface area (Å²) < 4.78 is 10.2. The van der Waals surface area contributed by atoms with E-state index in [0.717, 1.165) is 18.4 Å². The smallest absolute Gasteiger partial charge is 0.0897 e. The van der Waals surface area contributed by atoms with Gasteiger partial charge in [-0.2, -0.15) is 0 Å². The molecular formula is C14H29NO3.